The van der Waals surface area contributed by atoms with Crippen LogP contribution in [0, 0.1) is 12.8 Å². The molecular weight excluding hydrogens is 434 g/mol. The van der Waals surface area contributed by atoms with E-state index < -0.39 is 0 Å². The van der Waals surface area contributed by atoms with Crippen molar-refractivity contribution >= 4 is 17.5 Å². The largest absolute Gasteiger partial charge is 0.348 e. The first kappa shape index (κ1) is 26.9. The topological polar surface area (TPSA) is 52.7 Å². The van der Waals surface area contributed by atoms with Gasteiger partial charge in [-0.25, -0.2) is 0 Å². The Hall–Kier alpha value is -2.66. The molecule has 0 fully saturated rings. The molecule has 1 aliphatic heterocycles. The van der Waals surface area contributed by atoms with Crippen LogP contribution in [0.4, 0.5) is 5.69 Å². The summed E-state index contributed by atoms with van der Waals surface area (Å²) in [7, 11) is 0. The third-order valence-corrected chi connectivity index (χ3v) is 6.86. The van der Waals surface area contributed by atoms with Gasteiger partial charge >= 0.3 is 0 Å². The minimum atomic E-state index is -0.0809. The van der Waals surface area contributed by atoms with Gasteiger partial charge in [-0.05, 0) is 74.5 Å². The van der Waals surface area contributed by atoms with E-state index in [0.29, 0.717) is 18.0 Å². The number of carbonyl (C=O) groups is 2. The van der Waals surface area contributed by atoms with Gasteiger partial charge in [-0.3, -0.25) is 14.5 Å². The molecule has 2 aromatic carbocycles. The number of rotatable bonds is 6. The summed E-state index contributed by atoms with van der Waals surface area (Å²) in [6, 6.07) is 14.1. The lowest BCUT2D eigenvalue weighted by Gasteiger charge is -2.29. The van der Waals surface area contributed by atoms with Crippen molar-refractivity contribution in [2.45, 2.75) is 79.3 Å². The number of nitrogens with zero attached hydrogens (tertiary/aromatic N) is 2. The van der Waals surface area contributed by atoms with Crippen LogP contribution in [0.3, 0.4) is 0 Å². The predicted octanol–water partition coefficient (Wildman–Crippen LogP) is 6.09. The summed E-state index contributed by atoms with van der Waals surface area (Å²) >= 11 is 0. The van der Waals surface area contributed by atoms with E-state index in [-0.39, 0.29) is 11.8 Å². The molecule has 1 aliphatic rings. The molecule has 35 heavy (non-hydrogen) atoms. The summed E-state index contributed by atoms with van der Waals surface area (Å²) < 4.78 is 0. The predicted molar refractivity (Wildman–Crippen MR) is 145 cm³/mol. The molecule has 0 unspecified atom stereocenters. The SMILES string of the molecule is CC(=O)N1CCCCCCCN(CCC(C)C)Cc2cc(C(=O)NCc3ccc(C)cc3)ccc21. The van der Waals surface area contributed by atoms with Crippen LogP contribution in [0.1, 0.15) is 86.3 Å². The van der Waals surface area contributed by atoms with E-state index in [1.807, 2.05) is 35.2 Å². The van der Waals surface area contributed by atoms with Crippen LogP contribution in [0.25, 0.3) is 0 Å². The standard InChI is InChI=1S/C30H43N3O2/c1-23(2)16-19-32-17-8-6-5-7-9-18-33(25(4)34)29-15-14-27(20-28(29)22-32)30(35)31-21-26-12-10-24(3)11-13-26/h10-15,20,23H,5-9,16-19,21-22H2,1-4H3,(H,31,35). The second-order valence-corrected chi connectivity index (χ2v) is 10.4. The number of fused-ring (bicyclic) bond motifs is 1. The first-order valence-electron chi connectivity index (χ1n) is 13.3. The molecule has 0 bridgehead atoms. The molecule has 0 atom stereocenters. The molecule has 5 nitrogen and oxygen atoms in total. The molecule has 5 heteroatoms. The van der Waals surface area contributed by atoms with E-state index in [9.17, 15) is 9.59 Å². The van der Waals surface area contributed by atoms with E-state index in [4.69, 9.17) is 0 Å². The number of nitrogens with one attached hydrogen (secondary N) is 1. The van der Waals surface area contributed by atoms with Gasteiger partial charge in [0.1, 0.15) is 0 Å². The maximum Gasteiger partial charge on any atom is 0.251 e. The molecule has 0 aliphatic carbocycles. The Bertz CT molecular complexity index is 968. The van der Waals surface area contributed by atoms with Crippen LogP contribution in [0.15, 0.2) is 42.5 Å². The third kappa shape index (κ3) is 8.50. The van der Waals surface area contributed by atoms with Crippen molar-refractivity contribution in [1.29, 1.82) is 0 Å². The molecule has 0 radical (unpaired) electrons. The average molecular weight is 478 g/mol. The smallest absolute Gasteiger partial charge is 0.251 e. The minimum absolute atomic E-state index is 0.0635. The number of anilines is 1. The van der Waals surface area contributed by atoms with E-state index in [2.05, 4.69) is 43.1 Å². The van der Waals surface area contributed by atoms with Gasteiger partial charge in [0.2, 0.25) is 5.91 Å². The summed E-state index contributed by atoms with van der Waals surface area (Å²) in [5, 5.41) is 3.06. The lowest BCUT2D eigenvalue weighted by atomic mass is 10.0. The monoisotopic (exact) mass is 477 g/mol. The summed E-state index contributed by atoms with van der Waals surface area (Å²) in [6.07, 6.45) is 6.94. The molecule has 190 valence electrons. The number of benzene rings is 2. The summed E-state index contributed by atoms with van der Waals surface area (Å²) in [5.74, 6) is 0.625. The average Bonchev–Trinajstić information content (AvgIpc) is 2.82. The highest BCUT2D eigenvalue weighted by molar-refractivity contribution is 5.97. The Morgan fingerprint density at radius 1 is 0.943 bits per heavy atom. The third-order valence-electron chi connectivity index (χ3n) is 6.86. The second kappa shape index (κ2) is 13.4. The lowest BCUT2D eigenvalue weighted by molar-refractivity contribution is -0.116. The number of hydrogen-bond donors (Lipinski definition) is 1. The van der Waals surface area contributed by atoms with Crippen molar-refractivity contribution in [3.8, 4) is 0 Å². The Balaban J connectivity index is 1.86. The zero-order valence-corrected chi connectivity index (χ0v) is 22.1. The highest BCUT2D eigenvalue weighted by Crippen LogP contribution is 2.26. The minimum Gasteiger partial charge on any atom is -0.348 e. The van der Waals surface area contributed by atoms with Gasteiger partial charge in [-0.15, -0.1) is 0 Å². The van der Waals surface area contributed by atoms with Crippen LogP contribution in [0.5, 0.6) is 0 Å². The Morgan fingerprint density at radius 2 is 1.63 bits per heavy atom. The fraction of sp³-hybridized carbons (Fsp3) is 0.533. The molecule has 1 heterocycles. The van der Waals surface area contributed by atoms with Crippen LogP contribution >= 0.6 is 0 Å². The van der Waals surface area contributed by atoms with Crippen LogP contribution < -0.4 is 10.2 Å². The quantitative estimate of drug-likeness (QED) is 0.548. The van der Waals surface area contributed by atoms with Crippen molar-refractivity contribution in [2.24, 2.45) is 5.92 Å². The normalized spacial score (nSPS) is 15.7. The van der Waals surface area contributed by atoms with Crippen molar-refractivity contribution in [2.75, 3.05) is 24.5 Å². The van der Waals surface area contributed by atoms with Crippen molar-refractivity contribution in [3.63, 3.8) is 0 Å². The van der Waals surface area contributed by atoms with Gasteiger partial charge < -0.3 is 10.2 Å². The lowest BCUT2D eigenvalue weighted by Crippen LogP contribution is -2.33. The molecule has 0 spiro atoms. The maximum atomic E-state index is 13.1. The highest BCUT2D eigenvalue weighted by Gasteiger charge is 2.20. The highest BCUT2D eigenvalue weighted by atomic mass is 16.2. The van der Waals surface area contributed by atoms with E-state index >= 15 is 0 Å². The van der Waals surface area contributed by atoms with E-state index in [0.717, 1.165) is 62.3 Å². The Labute approximate surface area is 211 Å². The fourth-order valence-corrected chi connectivity index (χ4v) is 4.64. The molecule has 3 rings (SSSR count). The van der Waals surface area contributed by atoms with Gasteiger partial charge in [0.05, 0.1) is 0 Å². The Morgan fingerprint density at radius 3 is 2.31 bits per heavy atom. The molecule has 0 saturated heterocycles. The van der Waals surface area contributed by atoms with Crippen molar-refractivity contribution in [1.82, 2.24) is 10.2 Å². The molecular formula is C30H43N3O2. The fourth-order valence-electron chi connectivity index (χ4n) is 4.64. The molecule has 1 N–H and O–H groups in total. The van der Waals surface area contributed by atoms with Crippen LogP contribution in [-0.4, -0.2) is 36.3 Å². The first-order chi connectivity index (χ1) is 16.8. The summed E-state index contributed by atoms with van der Waals surface area (Å²) in [4.78, 5) is 30.1. The molecule has 0 aromatic heterocycles. The molecule has 0 saturated carbocycles. The molecule has 2 aromatic rings. The second-order valence-electron chi connectivity index (χ2n) is 10.4. The first-order valence-corrected chi connectivity index (χ1v) is 13.3. The van der Waals surface area contributed by atoms with Gasteiger partial charge in [0.15, 0.2) is 0 Å². The molecule has 2 amide bonds. The van der Waals surface area contributed by atoms with E-state index in [1.54, 1.807) is 6.92 Å². The van der Waals surface area contributed by atoms with Gasteiger partial charge in [-0.1, -0.05) is 62.9 Å². The number of amides is 2. The van der Waals surface area contributed by atoms with E-state index in [1.165, 1.54) is 24.8 Å². The number of carbonyl (C=O) groups excluding carboxylic acids is 2. The number of hydrogen-bond acceptors (Lipinski definition) is 3. The van der Waals surface area contributed by atoms with Crippen molar-refractivity contribution < 1.29 is 9.59 Å². The number of aryl methyl sites for hydroxylation is 1. The zero-order chi connectivity index (χ0) is 25.2. The van der Waals surface area contributed by atoms with Crippen molar-refractivity contribution in [3.05, 3.63) is 64.7 Å². The van der Waals surface area contributed by atoms with Crippen LogP contribution in [0.2, 0.25) is 0 Å². The van der Waals surface area contributed by atoms with Gasteiger partial charge in [-0.2, -0.15) is 0 Å². The maximum absolute atomic E-state index is 13.1. The summed E-state index contributed by atoms with van der Waals surface area (Å²) in [6.45, 7) is 12.3. The van der Waals surface area contributed by atoms with Gasteiger partial charge in [0.25, 0.3) is 5.91 Å². The van der Waals surface area contributed by atoms with Gasteiger partial charge in [0, 0.05) is 37.8 Å². The zero-order valence-electron chi connectivity index (χ0n) is 22.1. The summed E-state index contributed by atoms with van der Waals surface area (Å²) in [5.41, 5.74) is 4.94. The van der Waals surface area contributed by atoms with Crippen LogP contribution in [-0.2, 0) is 17.9 Å². The Kier molecular flexibility index (Phi) is 10.3.